The molecule has 3 aromatic rings. The molecule has 0 unspecified atom stereocenters. The van der Waals surface area contributed by atoms with Gasteiger partial charge in [-0.3, -0.25) is 14.3 Å². The van der Waals surface area contributed by atoms with Gasteiger partial charge in [0.05, 0.1) is 29.2 Å². The van der Waals surface area contributed by atoms with Crippen LogP contribution in [0.15, 0.2) is 42.5 Å². The molecule has 0 fully saturated rings. The average Bonchev–Trinajstić information content (AvgIpc) is 2.96. The number of Topliss-reactive ketones (excluding diaryl/α,β-unsaturated/α-hetero) is 1. The maximum Gasteiger partial charge on any atom is 0.417 e. The monoisotopic (exact) mass is 464 g/mol. The van der Waals surface area contributed by atoms with Crippen LogP contribution in [-0.2, 0) is 30.4 Å². The molecule has 0 aliphatic rings. The Morgan fingerprint density at radius 3 is 2.25 bits per heavy atom. The minimum atomic E-state index is -4.59. The van der Waals surface area contributed by atoms with E-state index >= 15 is 0 Å². The number of alkyl halides is 3. The molecule has 0 saturated carbocycles. The molecule has 0 saturated heterocycles. The van der Waals surface area contributed by atoms with E-state index in [9.17, 15) is 22.8 Å². The second kappa shape index (κ2) is 9.16. The topological polar surface area (TPSA) is 72.2 Å². The number of aryl methyl sites for hydroxylation is 1. The van der Waals surface area contributed by atoms with Crippen molar-refractivity contribution in [1.29, 1.82) is 0 Å². The van der Waals surface area contributed by atoms with Crippen LogP contribution in [0.4, 0.5) is 13.2 Å². The van der Waals surface area contributed by atoms with E-state index in [-0.39, 0.29) is 24.2 Å². The van der Waals surface area contributed by atoms with Crippen molar-refractivity contribution in [2.24, 2.45) is 0 Å². The molecule has 0 aliphatic heterocycles. The Hall–Kier alpha value is -3.13. The third-order valence-electron chi connectivity index (χ3n) is 5.17. The van der Waals surface area contributed by atoms with Gasteiger partial charge >= 0.3 is 12.1 Å². The zero-order chi connectivity index (χ0) is 23.6. The first-order valence-corrected chi connectivity index (χ1v) is 10.1. The summed E-state index contributed by atoms with van der Waals surface area (Å²) in [6.07, 6.45) is -4.88. The molecule has 0 bridgehead atoms. The summed E-state index contributed by atoms with van der Waals surface area (Å²) in [5.74, 6) is -1.25. The van der Waals surface area contributed by atoms with Gasteiger partial charge in [-0.2, -0.15) is 18.3 Å². The van der Waals surface area contributed by atoms with E-state index in [2.05, 4.69) is 5.10 Å². The van der Waals surface area contributed by atoms with Crippen molar-refractivity contribution in [3.63, 3.8) is 0 Å². The standard InChI is InChI=1S/C23H20ClF3N2O3/c1-13-18(11-22(31)32)14(2)29(28-13)12-15-3-6-17(7-4-15)21(30)10-16-5-8-20(24)19(9-16)23(25,26)27/h3-9H,10-12H2,1-2H3,(H,31,32). The smallest absolute Gasteiger partial charge is 0.417 e. The molecule has 2 aromatic carbocycles. The van der Waals surface area contributed by atoms with Gasteiger partial charge in [-0.05, 0) is 37.1 Å². The molecule has 1 heterocycles. The van der Waals surface area contributed by atoms with Gasteiger partial charge in [-0.25, -0.2) is 0 Å². The summed E-state index contributed by atoms with van der Waals surface area (Å²) in [7, 11) is 0. The molecule has 0 atom stereocenters. The summed E-state index contributed by atoms with van der Waals surface area (Å²) in [4.78, 5) is 23.6. The van der Waals surface area contributed by atoms with Crippen LogP contribution in [-0.4, -0.2) is 26.6 Å². The van der Waals surface area contributed by atoms with E-state index in [1.807, 2.05) is 0 Å². The maximum absolute atomic E-state index is 13.0. The number of hydrogen-bond donors (Lipinski definition) is 1. The third kappa shape index (κ3) is 5.37. The zero-order valence-corrected chi connectivity index (χ0v) is 18.1. The normalized spacial score (nSPS) is 11.6. The first kappa shape index (κ1) is 23.5. The summed E-state index contributed by atoms with van der Waals surface area (Å²) in [5, 5.41) is 13.0. The van der Waals surface area contributed by atoms with E-state index in [1.54, 1.807) is 42.8 Å². The lowest BCUT2D eigenvalue weighted by Crippen LogP contribution is -2.09. The molecule has 0 radical (unpaired) electrons. The van der Waals surface area contributed by atoms with Crippen molar-refractivity contribution in [1.82, 2.24) is 9.78 Å². The molecule has 0 aliphatic carbocycles. The summed E-state index contributed by atoms with van der Waals surface area (Å²) < 4.78 is 40.8. The minimum Gasteiger partial charge on any atom is -0.481 e. The van der Waals surface area contributed by atoms with Crippen molar-refractivity contribution < 1.29 is 27.9 Å². The van der Waals surface area contributed by atoms with Gasteiger partial charge in [-0.1, -0.05) is 41.9 Å². The Balaban J connectivity index is 1.73. The van der Waals surface area contributed by atoms with Gasteiger partial charge in [0.15, 0.2) is 5.78 Å². The zero-order valence-electron chi connectivity index (χ0n) is 17.3. The molecule has 168 valence electrons. The second-order valence-corrected chi connectivity index (χ2v) is 7.89. The second-order valence-electron chi connectivity index (χ2n) is 7.49. The number of hydrogen-bond acceptors (Lipinski definition) is 3. The number of carboxylic acid groups (broad SMARTS) is 1. The van der Waals surface area contributed by atoms with Crippen LogP contribution in [0.25, 0.3) is 0 Å². The van der Waals surface area contributed by atoms with Crippen molar-refractivity contribution in [2.45, 2.75) is 39.4 Å². The number of halogens is 4. The Labute approximate surface area is 187 Å². The van der Waals surface area contributed by atoms with E-state index in [0.717, 1.165) is 23.4 Å². The van der Waals surface area contributed by atoms with E-state index < -0.39 is 22.7 Å². The highest BCUT2D eigenvalue weighted by atomic mass is 35.5. The summed E-state index contributed by atoms with van der Waals surface area (Å²) >= 11 is 5.62. The highest BCUT2D eigenvalue weighted by molar-refractivity contribution is 6.31. The van der Waals surface area contributed by atoms with Crippen LogP contribution in [0.2, 0.25) is 5.02 Å². The van der Waals surface area contributed by atoms with Crippen molar-refractivity contribution in [3.8, 4) is 0 Å². The Morgan fingerprint density at radius 1 is 1.03 bits per heavy atom. The highest BCUT2D eigenvalue weighted by Gasteiger charge is 2.33. The summed E-state index contributed by atoms with van der Waals surface area (Å²) in [5.41, 5.74) is 2.56. The molecule has 32 heavy (non-hydrogen) atoms. The number of rotatable bonds is 7. The Kier molecular flexibility index (Phi) is 6.74. The van der Waals surface area contributed by atoms with E-state index in [4.69, 9.17) is 16.7 Å². The Bertz CT molecular complexity index is 1170. The number of carbonyl (C=O) groups excluding carboxylic acids is 1. The number of aliphatic carboxylic acids is 1. The van der Waals surface area contributed by atoms with Crippen LogP contribution >= 0.6 is 11.6 Å². The van der Waals surface area contributed by atoms with E-state index in [0.29, 0.717) is 23.4 Å². The number of ketones is 1. The molecular weight excluding hydrogens is 445 g/mol. The fourth-order valence-corrected chi connectivity index (χ4v) is 3.68. The van der Waals surface area contributed by atoms with Crippen molar-refractivity contribution in [3.05, 3.63) is 86.7 Å². The summed E-state index contributed by atoms with van der Waals surface area (Å²) in [6, 6.07) is 10.1. The first-order chi connectivity index (χ1) is 15.0. The van der Waals surface area contributed by atoms with Gasteiger partial charge in [0.2, 0.25) is 0 Å². The molecule has 5 nitrogen and oxygen atoms in total. The molecule has 9 heteroatoms. The molecule has 1 N–H and O–H groups in total. The van der Waals surface area contributed by atoms with E-state index in [1.165, 1.54) is 6.07 Å². The fourth-order valence-electron chi connectivity index (χ4n) is 3.45. The average molecular weight is 465 g/mol. The van der Waals surface area contributed by atoms with Gasteiger partial charge in [0.25, 0.3) is 0 Å². The molecule has 0 amide bonds. The van der Waals surface area contributed by atoms with Gasteiger partial charge in [-0.15, -0.1) is 0 Å². The van der Waals surface area contributed by atoms with Gasteiger partial charge < -0.3 is 5.11 Å². The fraction of sp³-hybridized carbons (Fsp3) is 0.261. The number of nitrogens with zero attached hydrogens (tertiary/aromatic N) is 2. The molecular formula is C23H20ClF3N2O3. The first-order valence-electron chi connectivity index (χ1n) is 9.68. The number of benzene rings is 2. The lowest BCUT2D eigenvalue weighted by atomic mass is 10.0. The van der Waals surface area contributed by atoms with Crippen LogP contribution in [0, 0.1) is 13.8 Å². The predicted octanol–water partition coefficient (Wildman–Crippen LogP) is 5.27. The number of carbonyl (C=O) groups is 2. The highest BCUT2D eigenvalue weighted by Crippen LogP contribution is 2.35. The maximum atomic E-state index is 13.0. The van der Waals surface area contributed by atoms with Crippen LogP contribution < -0.4 is 0 Å². The van der Waals surface area contributed by atoms with Gasteiger partial charge in [0, 0.05) is 23.2 Å². The molecule has 3 rings (SSSR count). The SMILES string of the molecule is Cc1nn(Cc2ccc(C(=O)Cc3ccc(Cl)c(C(F)(F)F)c3)cc2)c(C)c1CC(=O)O. The van der Waals surface area contributed by atoms with Crippen LogP contribution in [0.1, 0.15) is 44.0 Å². The van der Waals surface area contributed by atoms with Crippen molar-refractivity contribution >= 4 is 23.4 Å². The quantitative estimate of drug-likeness (QED) is 0.483. The molecule has 0 spiro atoms. The van der Waals surface area contributed by atoms with Crippen LogP contribution in [0.3, 0.4) is 0 Å². The summed E-state index contributed by atoms with van der Waals surface area (Å²) in [6.45, 7) is 3.95. The number of aromatic nitrogens is 2. The van der Waals surface area contributed by atoms with Crippen molar-refractivity contribution in [2.75, 3.05) is 0 Å². The van der Waals surface area contributed by atoms with Gasteiger partial charge in [0.1, 0.15) is 0 Å². The Morgan fingerprint density at radius 2 is 1.66 bits per heavy atom. The third-order valence-corrected chi connectivity index (χ3v) is 5.50. The lowest BCUT2D eigenvalue weighted by Gasteiger charge is -2.11. The molecule has 1 aromatic heterocycles. The lowest BCUT2D eigenvalue weighted by molar-refractivity contribution is -0.138. The van der Waals surface area contributed by atoms with Crippen LogP contribution in [0.5, 0.6) is 0 Å². The largest absolute Gasteiger partial charge is 0.481 e. The number of carboxylic acids is 1. The predicted molar refractivity (Wildman–Crippen MR) is 113 cm³/mol. The minimum absolute atomic E-state index is 0.105.